The fourth-order valence-electron chi connectivity index (χ4n) is 7.68. The summed E-state index contributed by atoms with van der Waals surface area (Å²) in [5.74, 6) is 2.51. The first-order valence-electron chi connectivity index (χ1n) is 19.7. The maximum Gasteiger partial charge on any atom is 0.137 e. The highest BCUT2D eigenvalue weighted by Crippen LogP contribution is 2.37. The van der Waals surface area contributed by atoms with Gasteiger partial charge in [0.05, 0.1) is 22.4 Å². The van der Waals surface area contributed by atoms with Gasteiger partial charge < -0.3 is 4.74 Å². The molecule has 0 aliphatic carbocycles. The number of ether oxygens (including phenoxy) is 1. The standard InChI is InChI=1S/C49H56N4O/c1-33-23-26-50-46(27-33)52-44-21-18-36(15-13-14-24-48(4,5)6)30-43(44)42-20-19-40(32-45(42)52)54-41-29-37(22-25-49(7,8)9)28-39(31-41)53-35(3)47(34(2)51-53)38-16-11-10-12-17-38/h10-12,16-21,23,26-32H,13-15,22,24-25H2,1-9H3. The molecular formula is C49H56N4O. The van der Waals surface area contributed by atoms with Crippen LogP contribution < -0.4 is 4.74 Å². The van der Waals surface area contributed by atoms with E-state index in [1.54, 1.807) is 0 Å². The van der Waals surface area contributed by atoms with Crippen molar-refractivity contribution in [1.29, 1.82) is 0 Å². The van der Waals surface area contributed by atoms with E-state index in [1.807, 2.05) is 6.20 Å². The molecule has 0 spiro atoms. The lowest BCUT2D eigenvalue weighted by Gasteiger charge is -2.19. The number of fused-ring (bicyclic) bond motifs is 3. The maximum atomic E-state index is 6.84. The van der Waals surface area contributed by atoms with Crippen molar-refractivity contribution >= 4 is 21.8 Å². The quantitative estimate of drug-likeness (QED) is 0.125. The largest absolute Gasteiger partial charge is 0.457 e. The molecule has 0 radical (unpaired) electrons. The molecule has 0 saturated heterocycles. The van der Waals surface area contributed by atoms with Crippen LogP contribution >= 0.6 is 0 Å². The van der Waals surface area contributed by atoms with Gasteiger partial charge in [-0.15, -0.1) is 0 Å². The molecule has 3 aromatic heterocycles. The van der Waals surface area contributed by atoms with Crippen LogP contribution in [0, 0.1) is 31.6 Å². The van der Waals surface area contributed by atoms with E-state index in [2.05, 4.69) is 169 Å². The molecule has 4 aromatic carbocycles. The van der Waals surface area contributed by atoms with Gasteiger partial charge in [-0.1, -0.05) is 84.4 Å². The van der Waals surface area contributed by atoms with E-state index >= 15 is 0 Å². The predicted octanol–water partition coefficient (Wildman–Crippen LogP) is 13.5. The van der Waals surface area contributed by atoms with Crippen molar-refractivity contribution < 1.29 is 4.74 Å². The monoisotopic (exact) mass is 716 g/mol. The summed E-state index contributed by atoms with van der Waals surface area (Å²) in [5.41, 5.74) is 12.1. The minimum atomic E-state index is 0.213. The van der Waals surface area contributed by atoms with E-state index in [-0.39, 0.29) is 5.41 Å². The third-order valence-electron chi connectivity index (χ3n) is 10.5. The lowest BCUT2D eigenvalue weighted by Crippen LogP contribution is -2.07. The van der Waals surface area contributed by atoms with Crippen LogP contribution in [0.3, 0.4) is 0 Å². The molecule has 0 bridgehead atoms. The summed E-state index contributed by atoms with van der Waals surface area (Å²) in [6.45, 7) is 20.3. The summed E-state index contributed by atoms with van der Waals surface area (Å²) in [6.07, 6.45) is 8.68. The highest BCUT2D eigenvalue weighted by Gasteiger charge is 2.19. The van der Waals surface area contributed by atoms with Crippen LogP contribution in [0.15, 0.2) is 103 Å². The molecule has 0 aliphatic rings. The molecule has 7 aromatic rings. The van der Waals surface area contributed by atoms with Crippen LogP contribution in [0.5, 0.6) is 11.5 Å². The van der Waals surface area contributed by atoms with Crippen molar-refractivity contribution in [3.05, 3.63) is 131 Å². The number of pyridine rings is 1. The molecule has 54 heavy (non-hydrogen) atoms. The van der Waals surface area contributed by atoms with Gasteiger partial charge in [0.2, 0.25) is 0 Å². The molecule has 0 unspecified atom stereocenters. The summed E-state index contributed by atoms with van der Waals surface area (Å²) >= 11 is 0. The summed E-state index contributed by atoms with van der Waals surface area (Å²) in [4.78, 5) is 4.85. The van der Waals surface area contributed by atoms with Crippen molar-refractivity contribution in [3.8, 4) is 34.1 Å². The Morgan fingerprint density at radius 2 is 1.41 bits per heavy atom. The lowest BCUT2D eigenvalue weighted by atomic mass is 9.88. The van der Waals surface area contributed by atoms with E-state index in [1.165, 1.54) is 57.9 Å². The Bertz CT molecular complexity index is 2420. The molecule has 0 saturated carbocycles. The third kappa shape index (κ3) is 8.31. The Labute approximate surface area is 322 Å². The second-order valence-electron chi connectivity index (χ2n) is 17.6. The average Bonchev–Trinajstić information content (AvgIpc) is 3.60. The highest BCUT2D eigenvalue weighted by atomic mass is 16.5. The van der Waals surface area contributed by atoms with Crippen LogP contribution in [-0.4, -0.2) is 19.3 Å². The van der Waals surface area contributed by atoms with E-state index in [0.717, 1.165) is 64.7 Å². The Kier molecular flexibility index (Phi) is 10.3. The first-order valence-corrected chi connectivity index (χ1v) is 19.7. The van der Waals surface area contributed by atoms with Crippen LogP contribution in [0.1, 0.15) is 95.3 Å². The van der Waals surface area contributed by atoms with Crippen molar-refractivity contribution in [2.24, 2.45) is 10.8 Å². The molecule has 0 N–H and O–H groups in total. The number of rotatable bonds is 11. The van der Waals surface area contributed by atoms with Gasteiger partial charge in [0.15, 0.2) is 0 Å². The number of nitrogens with zero attached hydrogens (tertiary/aromatic N) is 4. The van der Waals surface area contributed by atoms with Crippen LogP contribution in [0.2, 0.25) is 0 Å². The minimum absolute atomic E-state index is 0.213. The van der Waals surface area contributed by atoms with Gasteiger partial charge in [0.25, 0.3) is 0 Å². The molecule has 5 heteroatoms. The molecule has 3 heterocycles. The van der Waals surface area contributed by atoms with Gasteiger partial charge >= 0.3 is 0 Å². The molecule has 5 nitrogen and oxygen atoms in total. The summed E-state index contributed by atoms with van der Waals surface area (Å²) < 4.78 is 11.2. The summed E-state index contributed by atoms with van der Waals surface area (Å²) in [7, 11) is 0. The Balaban J connectivity index is 1.29. The predicted molar refractivity (Wildman–Crippen MR) is 227 cm³/mol. The molecule has 278 valence electrons. The number of benzene rings is 4. The second kappa shape index (κ2) is 14.9. The van der Waals surface area contributed by atoms with Crippen LogP contribution in [-0.2, 0) is 12.8 Å². The van der Waals surface area contributed by atoms with Crippen molar-refractivity contribution in [3.63, 3.8) is 0 Å². The molecule has 0 fully saturated rings. The number of aromatic nitrogens is 4. The first kappa shape index (κ1) is 37.2. The first-order chi connectivity index (χ1) is 25.7. The van der Waals surface area contributed by atoms with Crippen molar-refractivity contribution in [2.45, 2.75) is 101 Å². The SMILES string of the molecule is Cc1ccnc(-n2c3ccc(CCCCC(C)(C)C)cc3c3ccc(Oc4cc(CCC(C)(C)C)cc(-n5nc(C)c(-c6ccccc6)c5C)c4)cc32)c1. The number of aryl methyl sites for hydroxylation is 4. The van der Waals surface area contributed by atoms with Gasteiger partial charge in [-0.05, 0) is 134 Å². The minimum Gasteiger partial charge on any atom is -0.457 e. The Hall–Kier alpha value is -5.16. The molecule has 0 aliphatic heterocycles. The van der Waals surface area contributed by atoms with Crippen LogP contribution in [0.4, 0.5) is 0 Å². The topological polar surface area (TPSA) is 44.9 Å². The molecule has 0 atom stereocenters. The van der Waals surface area contributed by atoms with Gasteiger partial charge in [-0.2, -0.15) is 5.10 Å². The van der Waals surface area contributed by atoms with Gasteiger partial charge in [-0.25, -0.2) is 9.67 Å². The van der Waals surface area contributed by atoms with Crippen molar-refractivity contribution in [2.75, 3.05) is 0 Å². The van der Waals surface area contributed by atoms with Crippen LogP contribution in [0.25, 0.3) is 44.4 Å². The fourth-order valence-corrected chi connectivity index (χ4v) is 7.68. The van der Waals surface area contributed by atoms with E-state index in [4.69, 9.17) is 14.8 Å². The lowest BCUT2D eigenvalue weighted by molar-refractivity contribution is 0.360. The van der Waals surface area contributed by atoms with Gasteiger partial charge in [0, 0.05) is 40.4 Å². The van der Waals surface area contributed by atoms with E-state index in [9.17, 15) is 0 Å². The fraction of sp³-hybridized carbons (Fsp3) is 0.347. The molecule has 0 amide bonds. The molecule has 7 rings (SSSR count). The summed E-state index contributed by atoms with van der Waals surface area (Å²) in [6, 6.07) is 34.9. The zero-order valence-corrected chi connectivity index (χ0v) is 33.8. The zero-order valence-electron chi connectivity index (χ0n) is 33.8. The number of unbranched alkanes of at least 4 members (excludes halogenated alkanes) is 1. The molecular weight excluding hydrogens is 661 g/mol. The van der Waals surface area contributed by atoms with Gasteiger partial charge in [-0.3, -0.25) is 4.57 Å². The zero-order chi connectivity index (χ0) is 38.2. The smallest absolute Gasteiger partial charge is 0.137 e. The maximum absolute atomic E-state index is 6.84. The third-order valence-corrected chi connectivity index (χ3v) is 10.5. The second-order valence-corrected chi connectivity index (χ2v) is 17.6. The average molecular weight is 717 g/mol. The number of hydrogen-bond acceptors (Lipinski definition) is 3. The Morgan fingerprint density at radius 1 is 0.630 bits per heavy atom. The van der Waals surface area contributed by atoms with E-state index in [0.29, 0.717) is 5.41 Å². The van der Waals surface area contributed by atoms with E-state index < -0.39 is 0 Å². The van der Waals surface area contributed by atoms with Gasteiger partial charge in [0.1, 0.15) is 17.3 Å². The summed E-state index contributed by atoms with van der Waals surface area (Å²) in [5, 5.41) is 7.51. The number of hydrogen-bond donors (Lipinski definition) is 0. The Morgan fingerprint density at radius 3 is 2.15 bits per heavy atom. The highest BCUT2D eigenvalue weighted by molar-refractivity contribution is 6.09. The normalized spacial score (nSPS) is 12.2. The van der Waals surface area contributed by atoms with Crippen molar-refractivity contribution in [1.82, 2.24) is 19.3 Å².